The monoisotopic (exact) mass is 248 g/mol. The van der Waals surface area contributed by atoms with Gasteiger partial charge in [-0.25, -0.2) is 8.78 Å². The molecule has 0 aliphatic carbocycles. The van der Waals surface area contributed by atoms with Gasteiger partial charge in [0.1, 0.15) is 17.7 Å². The Kier molecular flexibility index (Phi) is 3.43. The average molecular weight is 248 g/mol. The Morgan fingerprint density at radius 3 is 2.33 bits per heavy atom. The quantitative estimate of drug-likeness (QED) is 0.859. The SMILES string of the molecule is Cc1ccc(F)c(C(O)c2ccc(F)cc2C)c1. The number of aliphatic hydroxyl groups is 1. The summed E-state index contributed by atoms with van der Waals surface area (Å²) < 4.78 is 26.7. The van der Waals surface area contributed by atoms with E-state index in [1.165, 1.54) is 24.3 Å². The lowest BCUT2D eigenvalue weighted by Crippen LogP contribution is -2.05. The molecule has 0 saturated heterocycles. The van der Waals surface area contributed by atoms with Crippen molar-refractivity contribution in [2.45, 2.75) is 20.0 Å². The number of hydrogen-bond acceptors (Lipinski definition) is 1. The van der Waals surface area contributed by atoms with Gasteiger partial charge in [-0.1, -0.05) is 23.8 Å². The van der Waals surface area contributed by atoms with Crippen molar-refractivity contribution in [2.24, 2.45) is 0 Å². The van der Waals surface area contributed by atoms with Gasteiger partial charge in [0.15, 0.2) is 0 Å². The summed E-state index contributed by atoms with van der Waals surface area (Å²) in [5.74, 6) is -0.829. The molecule has 1 N–H and O–H groups in total. The van der Waals surface area contributed by atoms with E-state index in [1.54, 1.807) is 19.1 Å². The van der Waals surface area contributed by atoms with E-state index in [2.05, 4.69) is 0 Å². The predicted octanol–water partition coefficient (Wildman–Crippen LogP) is 3.66. The number of aryl methyl sites for hydroxylation is 2. The smallest absolute Gasteiger partial charge is 0.129 e. The van der Waals surface area contributed by atoms with E-state index in [0.717, 1.165) is 5.56 Å². The van der Waals surface area contributed by atoms with Gasteiger partial charge in [0.05, 0.1) is 0 Å². The summed E-state index contributed by atoms with van der Waals surface area (Å²) in [6.45, 7) is 3.52. The van der Waals surface area contributed by atoms with Crippen LogP contribution in [0.1, 0.15) is 28.4 Å². The van der Waals surface area contributed by atoms with Gasteiger partial charge in [0.25, 0.3) is 0 Å². The molecule has 1 unspecified atom stereocenters. The highest BCUT2D eigenvalue weighted by Crippen LogP contribution is 2.27. The molecule has 0 heterocycles. The van der Waals surface area contributed by atoms with Gasteiger partial charge >= 0.3 is 0 Å². The maximum atomic E-state index is 13.7. The number of benzene rings is 2. The number of rotatable bonds is 2. The molecule has 1 nitrogen and oxygen atoms in total. The van der Waals surface area contributed by atoms with Crippen LogP contribution in [0.5, 0.6) is 0 Å². The fraction of sp³-hybridized carbons (Fsp3) is 0.200. The molecule has 2 rings (SSSR count). The van der Waals surface area contributed by atoms with Crippen molar-refractivity contribution in [3.05, 3.63) is 70.3 Å². The first-order valence-electron chi connectivity index (χ1n) is 5.69. The fourth-order valence-electron chi connectivity index (χ4n) is 1.99. The van der Waals surface area contributed by atoms with Gasteiger partial charge in [-0.3, -0.25) is 0 Å². The van der Waals surface area contributed by atoms with Crippen molar-refractivity contribution in [1.29, 1.82) is 0 Å². The second-order valence-electron chi connectivity index (χ2n) is 4.43. The maximum absolute atomic E-state index is 13.7. The third-order valence-electron chi connectivity index (χ3n) is 2.97. The average Bonchev–Trinajstić information content (AvgIpc) is 2.31. The van der Waals surface area contributed by atoms with Gasteiger partial charge in [0.2, 0.25) is 0 Å². The third-order valence-corrected chi connectivity index (χ3v) is 2.97. The standard InChI is InChI=1S/C15H14F2O/c1-9-3-6-14(17)13(7-9)15(18)12-5-4-11(16)8-10(12)2/h3-8,15,18H,1-2H3. The summed E-state index contributed by atoms with van der Waals surface area (Å²) in [7, 11) is 0. The zero-order chi connectivity index (χ0) is 13.3. The van der Waals surface area contributed by atoms with Crippen molar-refractivity contribution in [2.75, 3.05) is 0 Å². The molecule has 94 valence electrons. The lowest BCUT2D eigenvalue weighted by atomic mass is 9.96. The first kappa shape index (κ1) is 12.7. The lowest BCUT2D eigenvalue weighted by molar-refractivity contribution is 0.214. The molecule has 0 radical (unpaired) electrons. The molecule has 0 fully saturated rings. The van der Waals surface area contributed by atoms with Crippen molar-refractivity contribution in [3.8, 4) is 0 Å². The molecule has 0 spiro atoms. The topological polar surface area (TPSA) is 20.2 Å². The van der Waals surface area contributed by atoms with E-state index in [9.17, 15) is 13.9 Å². The van der Waals surface area contributed by atoms with Crippen LogP contribution in [0.25, 0.3) is 0 Å². The molecule has 0 aromatic heterocycles. The van der Waals surface area contributed by atoms with E-state index in [1.807, 2.05) is 6.92 Å². The Balaban J connectivity index is 2.47. The third kappa shape index (κ3) is 2.41. The maximum Gasteiger partial charge on any atom is 0.129 e. The van der Waals surface area contributed by atoms with Crippen LogP contribution in [-0.2, 0) is 0 Å². The second-order valence-corrected chi connectivity index (χ2v) is 4.43. The van der Waals surface area contributed by atoms with Gasteiger partial charge in [0, 0.05) is 5.56 Å². The molecule has 2 aromatic rings. The molecule has 0 aliphatic rings. The van der Waals surface area contributed by atoms with Crippen molar-refractivity contribution in [1.82, 2.24) is 0 Å². The highest BCUT2D eigenvalue weighted by atomic mass is 19.1. The minimum absolute atomic E-state index is 0.213. The highest BCUT2D eigenvalue weighted by molar-refractivity contribution is 5.37. The molecule has 0 saturated carbocycles. The van der Waals surface area contributed by atoms with E-state index in [4.69, 9.17) is 0 Å². The predicted molar refractivity (Wildman–Crippen MR) is 66.3 cm³/mol. The Labute approximate surface area is 105 Å². The molecule has 18 heavy (non-hydrogen) atoms. The molecule has 0 amide bonds. The second kappa shape index (κ2) is 4.86. The first-order chi connectivity index (χ1) is 8.49. The fourth-order valence-corrected chi connectivity index (χ4v) is 1.99. The van der Waals surface area contributed by atoms with Crippen LogP contribution < -0.4 is 0 Å². The largest absolute Gasteiger partial charge is 0.384 e. The van der Waals surface area contributed by atoms with Crippen LogP contribution in [0.3, 0.4) is 0 Å². The molecule has 3 heteroatoms. The van der Waals surface area contributed by atoms with Crippen LogP contribution in [-0.4, -0.2) is 5.11 Å². The van der Waals surface area contributed by atoms with Gasteiger partial charge in [-0.2, -0.15) is 0 Å². The van der Waals surface area contributed by atoms with E-state index in [0.29, 0.717) is 11.1 Å². The molecule has 2 aromatic carbocycles. The number of halogens is 2. The number of hydrogen-bond donors (Lipinski definition) is 1. The first-order valence-corrected chi connectivity index (χ1v) is 5.69. The van der Waals surface area contributed by atoms with Gasteiger partial charge < -0.3 is 5.11 Å². The lowest BCUT2D eigenvalue weighted by Gasteiger charge is -2.15. The van der Waals surface area contributed by atoms with Crippen LogP contribution in [0.15, 0.2) is 36.4 Å². The van der Waals surface area contributed by atoms with Gasteiger partial charge in [-0.05, 0) is 43.2 Å². The molecule has 0 aliphatic heterocycles. The van der Waals surface area contributed by atoms with Crippen LogP contribution in [0.2, 0.25) is 0 Å². The summed E-state index contributed by atoms with van der Waals surface area (Å²) in [4.78, 5) is 0. The summed E-state index contributed by atoms with van der Waals surface area (Å²) >= 11 is 0. The minimum atomic E-state index is -1.08. The van der Waals surface area contributed by atoms with Crippen molar-refractivity contribution >= 4 is 0 Å². The van der Waals surface area contributed by atoms with Crippen LogP contribution in [0, 0.1) is 25.5 Å². The van der Waals surface area contributed by atoms with Gasteiger partial charge in [-0.15, -0.1) is 0 Å². The zero-order valence-electron chi connectivity index (χ0n) is 10.2. The summed E-state index contributed by atoms with van der Waals surface area (Å²) in [5, 5.41) is 10.2. The van der Waals surface area contributed by atoms with Crippen molar-refractivity contribution < 1.29 is 13.9 Å². The molecular weight excluding hydrogens is 234 g/mol. The Hall–Kier alpha value is -1.74. The van der Waals surface area contributed by atoms with Crippen LogP contribution >= 0.6 is 0 Å². The summed E-state index contributed by atoms with van der Waals surface area (Å²) in [6, 6.07) is 8.64. The Morgan fingerprint density at radius 2 is 1.67 bits per heavy atom. The normalized spacial score (nSPS) is 12.5. The van der Waals surface area contributed by atoms with E-state index >= 15 is 0 Å². The number of aliphatic hydroxyl groups excluding tert-OH is 1. The minimum Gasteiger partial charge on any atom is -0.384 e. The Morgan fingerprint density at radius 1 is 0.944 bits per heavy atom. The summed E-state index contributed by atoms with van der Waals surface area (Å²) in [5.41, 5.74) is 2.19. The zero-order valence-corrected chi connectivity index (χ0v) is 10.2. The molecular formula is C15H14F2O. The molecule has 1 atom stereocenters. The highest BCUT2D eigenvalue weighted by Gasteiger charge is 2.17. The van der Waals surface area contributed by atoms with E-state index < -0.39 is 11.9 Å². The van der Waals surface area contributed by atoms with E-state index in [-0.39, 0.29) is 11.4 Å². The Bertz CT molecular complexity index is 579. The molecule has 0 bridgehead atoms. The summed E-state index contributed by atoms with van der Waals surface area (Å²) in [6.07, 6.45) is -1.08. The van der Waals surface area contributed by atoms with Crippen molar-refractivity contribution in [3.63, 3.8) is 0 Å². The van der Waals surface area contributed by atoms with Crippen LogP contribution in [0.4, 0.5) is 8.78 Å².